The van der Waals surface area contributed by atoms with Crippen LogP contribution in [0.5, 0.6) is 0 Å². The highest BCUT2D eigenvalue weighted by atomic mass is 16.5. The van der Waals surface area contributed by atoms with Crippen molar-refractivity contribution in [3.8, 4) is 0 Å². The molecule has 1 unspecified atom stereocenters. The van der Waals surface area contributed by atoms with E-state index in [0.717, 1.165) is 32.8 Å². The van der Waals surface area contributed by atoms with Crippen molar-refractivity contribution in [2.45, 2.75) is 32.9 Å². The molecule has 0 aromatic carbocycles. The molecule has 6 heteroatoms. The predicted molar refractivity (Wildman–Crippen MR) is 79.2 cm³/mol. The minimum atomic E-state index is -0.0590. The van der Waals surface area contributed by atoms with Crippen molar-refractivity contribution in [3.05, 3.63) is 22.7 Å². The van der Waals surface area contributed by atoms with Crippen LogP contribution in [0, 0.1) is 0 Å². The zero-order chi connectivity index (χ0) is 14.5. The van der Waals surface area contributed by atoms with Gasteiger partial charge in [0.25, 0.3) is 5.56 Å². The number of nitrogens with one attached hydrogen (secondary N) is 1. The molecule has 1 saturated heterocycles. The van der Waals surface area contributed by atoms with Gasteiger partial charge in [0, 0.05) is 44.1 Å². The summed E-state index contributed by atoms with van der Waals surface area (Å²) in [4.78, 5) is 18.7. The first-order valence-electron chi connectivity index (χ1n) is 7.21. The van der Waals surface area contributed by atoms with Crippen molar-refractivity contribution in [1.82, 2.24) is 14.5 Å². The predicted octanol–water partition coefficient (Wildman–Crippen LogP) is 0.957. The molecule has 2 rings (SSSR count). The number of aromatic nitrogens is 2. The summed E-state index contributed by atoms with van der Waals surface area (Å²) in [5.41, 5.74) is -0.0590. The Hall–Kier alpha value is -1.40. The van der Waals surface area contributed by atoms with Crippen molar-refractivity contribution in [2.24, 2.45) is 0 Å². The van der Waals surface area contributed by atoms with Crippen molar-refractivity contribution < 1.29 is 4.74 Å². The summed E-state index contributed by atoms with van der Waals surface area (Å²) >= 11 is 0. The quantitative estimate of drug-likeness (QED) is 0.870. The third kappa shape index (κ3) is 3.80. The number of nitrogens with zero attached hydrogens (tertiary/aromatic N) is 3. The summed E-state index contributed by atoms with van der Waals surface area (Å²) in [5.74, 6) is 0.432. The Labute approximate surface area is 119 Å². The van der Waals surface area contributed by atoms with Gasteiger partial charge in [-0.05, 0) is 20.8 Å². The van der Waals surface area contributed by atoms with Gasteiger partial charge >= 0.3 is 0 Å². The summed E-state index contributed by atoms with van der Waals surface area (Å²) < 4.78 is 7.02. The summed E-state index contributed by atoms with van der Waals surface area (Å²) in [6, 6.07) is 0.317. The van der Waals surface area contributed by atoms with E-state index >= 15 is 0 Å². The standard InChI is InChI=1S/C14H24N4O2/c1-11(2)18-5-4-15-13(14(18)19)16-12(3)10-17-6-8-20-9-7-17/h4-5,11-12H,6-10H2,1-3H3,(H,15,16). The summed E-state index contributed by atoms with van der Waals surface area (Å²) in [7, 11) is 0. The molecule has 112 valence electrons. The van der Waals surface area contributed by atoms with Crippen LogP contribution < -0.4 is 10.9 Å². The number of ether oxygens (including phenoxy) is 1. The van der Waals surface area contributed by atoms with Gasteiger partial charge in [-0.1, -0.05) is 0 Å². The van der Waals surface area contributed by atoms with Crippen molar-refractivity contribution in [1.29, 1.82) is 0 Å². The van der Waals surface area contributed by atoms with Crippen LogP contribution in [0.2, 0.25) is 0 Å². The van der Waals surface area contributed by atoms with Gasteiger partial charge in [-0.25, -0.2) is 4.98 Å². The second kappa shape index (κ2) is 6.85. The van der Waals surface area contributed by atoms with Crippen LogP contribution >= 0.6 is 0 Å². The molecular formula is C14H24N4O2. The van der Waals surface area contributed by atoms with E-state index in [1.165, 1.54) is 0 Å². The first-order valence-corrected chi connectivity index (χ1v) is 7.21. The zero-order valence-corrected chi connectivity index (χ0v) is 12.5. The van der Waals surface area contributed by atoms with E-state index in [0.29, 0.717) is 5.82 Å². The molecule has 0 radical (unpaired) electrons. The summed E-state index contributed by atoms with van der Waals surface area (Å²) in [6.07, 6.45) is 3.40. The Kier molecular flexibility index (Phi) is 5.14. The van der Waals surface area contributed by atoms with Gasteiger partial charge in [-0.3, -0.25) is 9.69 Å². The second-order valence-corrected chi connectivity index (χ2v) is 5.54. The first kappa shape index (κ1) is 15.0. The molecule has 1 atom stereocenters. The molecule has 1 aromatic rings. The normalized spacial score (nSPS) is 18.2. The van der Waals surface area contributed by atoms with E-state index in [4.69, 9.17) is 4.74 Å². The summed E-state index contributed by atoms with van der Waals surface area (Å²) in [6.45, 7) is 10.4. The SMILES string of the molecule is CC(CN1CCOCC1)Nc1nccn(C(C)C)c1=O. The Balaban J connectivity index is 1.98. The van der Waals surface area contributed by atoms with Crippen molar-refractivity contribution in [3.63, 3.8) is 0 Å². The monoisotopic (exact) mass is 280 g/mol. The van der Waals surface area contributed by atoms with E-state index in [1.54, 1.807) is 17.0 Å². The van der Waals surface area contributed by atoms with E-state index in [1.807, 2.05) is 13.8 Å². The van der Waals surface area contributed by atoms with Crippen LogP contribution in [-0.2, 0) is 4.74 Å². The Morgan fingerprint density at radius 2 is 2.05 bits per heavy atom. The maximum Gasteiger partial charge on any atom is 0.293 e. The van der Waals surface area contributed by atoms with E-state index in [9.17, 15) is 4.79 Å². The van der Waals surface area contributed by atoms with Crippen molar-refractivity contribution in [2.75, 3.05) is 38.2 Å². The number of morpholine rings is 1. The Morgan fingerprint density at radius 3 is 2.70 bits per heavy atom. The highest BCUT2D eigenvalue weighted by molar-refractivity contribution is 5.32. The van der Waals surface area contributed by atoms with E-state index in [-0.39, 0.29) is 17.6 Å². The number of hydrogen-bond acceptors (Lipinski definition) is 5. The van der Waals surface area contributed by atoms with Crippen LogP contribution in [0.3, 0.4) is 0 Å². The fourth-order valence-corrected chi connectivity index (χ4v) is 2.38. The molecule has 1 fully saturated rings. The number of hydrogen-bond donors (Lipinski definition) is 1. The molecule has 0 amide bonds. The van der Waals surface area contributed by atoms with Crippen LogP contribution in [0.15, 0.2) is 17.2 Å². The molecule has 0 bridgehead atoms. The van der Waals surface area contributed by atoms with Crippen LogP contribution in [0.4, 0.5) is 5.82 Å². The minimum Gasteiger partial charge on any atom is -0.379 e. The Bertz CT molecular complexity index is 480. The lowest BCUT2D eigenvalue weighted by Gasteiger charge is -2.29. The van der Waals surface area contributed by atoms with Gasteiger partial charge in [-0.15, -0.1) is 0 Å². The molecule has 1 aliphatic heterocycles. The van der Waals surface area contributed by atoms with Gasteiger partial charge < -0.3 is 14.6 Å². The number of rotatable bonds is 5. The molecule has 20 heavy (non-hydrogen) atoms. The van der Waals surface area contributed by atoms with Gasteiger partial charge in [0.2, 0.25) is 0 Å². The molecule has 1 aliphatic rings. The van der Waals surface area contributed by atoms with Gasteiger partial charge in [0.1, 0.15) is 0 Å². The lowest BCUT2D eigenvalue weighted by molar-refractivity contribution is 0.0368. The third-order valence-corrected chi connectivity index (χ3v) is 3.44. The highest BCUT2D eigenvalue weighted by Crippen LogP contribution is 2.04. The lowest BCUT2D eigenvalue weighted by Crippen LogP contribution is -2.43. The maximum atomic E-state index is 12.2. The minimum absolute atomic E-state index is 0.0590. The van der Waals surface area contributed by atoms with E-state index < -0.39 is 0 Å². The van der Waals surface area contributed by atoms with Crippen molar-refractivity contribution >= 4 is 5.82 Å². The van der Waals surface area contributed by atoms with Crippen LogP contribution in [0.1, 0.15) is 26.8 Å². The molecule has 1 aromatic heterocycles. The zero-order valence-electron chi connectivity index (χ0n) is 12.5. The third-order valence-electron chi connectivity index (χ3n) is 3.44. The fourth-order valence-electron chi connectivity index (χ4n) is 2.38. The lowest BCUT2D eigenvalue weighted by atomic mass is 10.3. The van der Waals surface area contributed by atoms with Gasteiger partial charge in [0.15, 0.2) is 5.82 Å². The smallest absolute Gasteiger partial charge is 0.293 e. The molecular weight excluding hydrogens is 256 g/mol. The number of anilines is 1. The Morgan fingerprint density at radius 1 is 1.35 bits per heavy atom. The molecule has 0 spiro atoms. The fraction of sp³-hybridized carbons (Fsp3) is 0.714. The van der Waals surface area contributed by atoms with E-state index in [2.05, 4.69) is 22.1 Å². The largest absolute Gasteiger partial charge is 0.379 e. The first-order chi connectivity index (χ1) is 9.58. The molecule has 0 saturated carbocycles. The second-order valence-electron chi connectivity index (χ2n) is 5.54. The van der Waals surface area contributed by atoms with Gasteiger partial charge in [0.05, 0.1) is 13.2 Å². The maximum absolute atomic E-state index is 12.2. The molecule has 1 N–H and O–H groups in total. The molecule has 2 heterocycles. The molecule has 6 nitrogen and oxygen atoms in total. The average molecular weight is 280 g/mol. The average Bonchev–Trinajstić information content (AvgIpc) is 2.42. The van der Waals surface area contributed by atoms with Gasteiger partial charge in [-0.2, -0.15) is 0 Å². The molecule has 0 aliphatic carbocycles. The topological polar surface area (TPSA) is 59.4 Å². The highest BCUT2D eigenvalue weighted by Gasteiger charge is 2.15. The van der Waals surface area contributed by atoms with Crippen LogP contribution in [0.25, 0.3) is 0 Å². The van der Waals surface area contributed by atoms with Crippen LogP contribution in [-0.4, -0.2) is 53.3 Å². The summed E-state index contributed by atoms with van der Waals surface area (Å²) in [5, 5.41) is 3.23.